The minimum atomic E-state index is -0.118. The van der Waals surface area contributed by atoms with E-state index < -0.39 is 0 Å². The van der Waals surface area contributed by atoms with Crippen LogP contribution in [0.3, 0.4) is 0 Å². The zero-order chi connectivity index (χ0) is 6.57. The minimum Gasteiger partial charge on any atom is -1.00 e. The first kappa shape index (κ1) is 14.1. The molecule has 0 saturated carbocycles. The van der Waals surface area contributed by atoms with Gasteiger partial charge >= 0.3 is 51.4 Å². The van der Waals surface area contributed by atoms with E-state index in [1.807, 2.05) is 11.4 Å². The van der Waals surface area contributed by atoms with Crippen molar-refractivity contribution in [3.63, 3.8) is 0 Å². The molecule has 0 N–H and O–H groups in total. The molecular formula is C5H13KPS2+. The predicted octanol–water partition coefficient (Wildman–Crippen LogP) is 0.123. The third kappa shape index (κ3) is 10.5. The molecule has 0 aliphatic carbocycles. The fraction of sp³-hybridized carbons (Fsp3) is 1.00. The summed E-state index contributed by atoms with van der Waals surface area (Å²) in [6.45, 7) is 6.55. The van der Waals surface area contributed by atoms with Gasteiger partial charge in [0.2, 0.25) is 5.90 Å². The van der Waals surface area contributed by atoms with E-state index in [0.717, 1.165) is 5.25 Å². The number of hydrogen-bond acceptors (Lipinski definition) is 2. The molecular weight excluding hydrogens is 194 g/mol. The van der Waals surface area contributed by atoms with Crippen LogP contribution in [0.2, 0.25) is 0 Å². The molecule has 1 unspecified atom stereocenters. The Morgan fingerprint density at radius 3 is 2.22 bits per heavy atom. The zero-order valence-corrected chi connectivity index (χ0v) is 12.2. The first-order valence-corrected chi connectivity index (χ1v) is 6.80. The van der Waals surface area contributed by atoms with Gasteiger partial charge < -0.3 is 1.43 Å². The van der Waals surface area contributed by atoms with Crippen LogP contribution in [0.4, 0.5) is 0 Å². The molecule has 0 nitrogen and oxygen atoms in total. The zero-order valence-electron chi connectivity index (χ0n) is 7.55. The van der Waals surface area contributed by atoms with E-state index >= 15 is 0 Å². The van der Waals surface area contributed by atoms with Gasteiger partial charge in [-0.25, -0.2) is 0 Å². The monoisotopic (exact) mass is 207 g/mol. The van der Waals surface area contributed by atoms with Crippen molar-refractivity contribution in [2.24, 2.45) is 0 Å². The van der Waals surface area contributed by atoms with Crippen LogP contribution in [0.25, 0.3) is 0 Å². The van der Waals surface area contributed by atoms with Gasteiger partial charge in [0.25, 0.3) is 0 Å². The molecule has 0 radical (unpaired) electrons. The molecule has 0 aromatic heterocycles. The summed E-state index contributed by atoms with van der Waals surface area (Å²) in [5.41, 5.74) is 0. The van der Waals surface area contributed by atoms with E-state index in [9.17, 15) is 0 Å². The Kier molecular flexibility index (Phi) is 13.4. The van der Waals surface area contributed by atoms with Crippen molar-refractivity contribution in [1.82, 2.24) is 0 Å². The first-order chi connectivity index (χ1) is 3.66. The van der Waals surface area contributed by atoms with Crippen LogP contribution in [0.1, 0.15) is 22.2 Å². The minimum absolute atomic E-state index is 0. The summed E-state index contributed by atoms with van der Waals surface area (Å²) < 4.78 is 0. The molecule has 50 valence electrons. The predicted molar refractivity (Wildman–Crippen MR) is 48.7 cm³/mol. The Morgan fingerprint density at radius 2 is 2.11 bits per heavy atom. The van der Waals surface area contributed by atoms with E-state index in [1.165, 1.54) is 6.16 Å². The van der Waals surface area contributed by atoms with Gasteiger partial charge in [-0.1, -0.05) is 0 Å². The second kappa shape index (κ2) is 8.60. The van der Waals surface area contributed by atoms with Gasteiger partial charge in [0, 0.05) is 5.25 Å². The third-order valence-electron chi connectivity index (χ3n) is 0.587. The Hall–Kier alpha value is 2.51. The van der Waals surface area contributed by atoms with Gasteiger partial charge in [0.05, 0.1) is 11.4 Å². The van der Waals surface area contributed by atoms with Crippen LogP contribution in [-0.4, -0.2) is 11.4 Å². The van der Waals surface area contributed by atoms with Gasteiger partial charge in [-0.2, -0.15) is 0 Å². The van der Waals surface area contributed by atoms with Crippen LogP contribution in [0, 0.1) is 0 Å². The van der Waals surface area contributed by atoms with E-state index in [2.05, 4.69) is 20.8 Å². The molecule has 0 amide bonds. The molecule has 0 aliphatic heterocycles. The normalized spacial score (nSPS) is 10.9. The van der Waals surface area contributed by atoms with Crippen LogP contribution < -0.4 is 51.4 Å². The van der Waals surface area contributed by atoms with Crippen molar-refractivity contribution in [3.05, 3.63) is 0 Å². The SMILES string of the molecule is CC[P+](=S)SC(C)C.[H-].[K+]. The molecule has 0 heterocycles. The molecule has 0 rings (SSSR count). The summed E-state index contributed by atoms with van der Waals surface area (Å²) in [6.07, 6.45) is 1.17. The van der Waals surface area contributed by atoms with E-state index in [1.54, 1.807) is 0 Å². The smallest absolute Gasteiger partial charge is 1.00 e. The summed E-state index contributed by atoms with van der Waals surface area (Å²) in [6, 6.07) is 0. The maximum atomic E-state index is 5.14. The Morgan fingerprint density at radius 1 is 1.67 bits per heavy atom. The number of rotatable bonds is 3. The molecule has 0 bridgehead atoms. The summed E-state index contributed by atoms with van der Waals surface area (Å²) >= 11 is 7.08. The van der Waals surface area contributed by atoms with Gasteiger partial charge in [0.1, 0.15) is 6.16 Å². The maximum absolute atomic E-state index is 5.14. The van der Waals surface area contributed by atoms with E-state index in [0.29, 0.717) is 0 Å². The van der Waals surface area contributed by atoms with Gasteiger partial charge in [0.15, 0.2) is 11.8 Å². The van der Waals surface area contributed by atoms with Gasteiger partial charge in [-0.05, 0) is 20.8 Å². The van der Waals surface area contributed by atoms with Crippen LogP contribution in [-0.2, 0) is 11.8 Å². The quantitative estimate of drug-likeness (QED) is 0.476. The third-order valence-corrected chi connectivity index (χ3v) is 6.05. The molecule has 0 saturated heterocycles. The topological polar surface area (TPSA) is 0 Å². The largest absolute Gasteiger partial charge is 1.00 e. The summed E-state index contributed by atoms with van der Waals surface area (Å²) in [4.78, 5) is 0. The van der Waals surface area contributed by atoms with Crippen LogP contribution in [0.5, 0.6) is 0 Å². The molecule has 4 heteroatoms. The van der Waals surface area contributed by atoms with Crippen molar-refractivity contribution >= 4 is 29.1 Å². The van der Waals surface area contributed by atoms with Crippen molar-refractivity contribution in [1.29, 1.82) is 0 Å². The molecule has 0 fully saturated rings. The first-order valence-electron chi connectivity index (χ1n) is 2.78. The van der Waals surface area contributed by atoms with Crippen molar-refractivity contribution in [2.75, 3.05) is 6.16 Å². The molecule has 0 spiro atoms. The summed E-state index contributed by atoms with van der Waals surface area (Å²) in [5, 5.41) is 0.721. The average Bonchev–Trinajstić information content (AvgIpc) is 1.65. The average molecular weight is 207 g/mol. The number of hydrogen-bond donors (Lipinski definition) is 0. The van der Waals surface area contributed by atoms with Crippen LogP contribution in [0.15, 0.2) is 0 Å². The molecule has 1 atom stereocenters. The maximum Gasteiger partial charge on any atom is 1.00 e. The molecule has 0 aromatic carbocycles. The summed E-state index contributed by atoms with van der Waals surface area (Å²) in [7, 11) is 0. The standard InChI is InChI=1S/C5H12PS2.K.H/c1-4-6(7)8-5(2)3;;/h5H,4H2,1-3H3;;/q2*+1;-1. The Labute approximate surface area is 112 Å². The fourth-order valence-corrected chi connectivity index (χ4v) is 4.34. The molecule has 0 aliphatic rings. The van der Waals surface area contributed by atoms with E-state index in [-0.39, 0.29) is 58.7 Å². The van der Waals surface area contributed by atoms with Crippen molar-refractivity contribution in [3.8, 4) is 0 Å². The van der Waals surface area contributed by atoms with Crippen molar-refractivity contribution < 1.29 is 52.8 Å². The van der Waals surface area contributed by atoms with Crippen LogP contribution >= 0.6 is 17.3 Å². The Bertz CT molecular complexity index is 89.7. The molecule has 0 aromatic rings. The second-order valence-corrected chi connectivity index (χ2v) is 8.23. The Balaban J connectivity index is -0.000000245. The summed E-state index contributed by atoms with van der Waals surface area (Å²) in [5.74, 6) is -0.118. The van der Waals surface area contributed by atoms with Gasteiger partial charge in [-0.3, -0.25) is 0 Å². The second-order valence-electron chi connectivity index (χ2n) is 1.80. The van der Waals surface area contributed by atoms with Gasteiger partial charge in [-0.15, -0.1) is 0 Å². The van der Waals surface area contributed by atoms with Crippen molar-refractivity contribution in [2.45, 2.75) is 26.0 Å². The van der Waals surface area contributed by atoms with E-state index in [4.69, 9.17) is 11.8 Å². The fourth-order valence-electron chi connectivity index (χ4n) is 0.310. The molecule has 9 heavy (non-hydrogen) atoms.